The van der Waals surface area contributed by atoms with Gasteiger partial charge in [-0.3, -0.25) is 0 Å². The maximum Gasteiger partial charge on any atom is 0.104 e. The lowest BCUT2D eigenvalue weighted by Crippen LogP contribution is -2.22. The monoisotopic (exact) mass is 236 g/mol. The highest BCUT2D eigenvalue weighted by Gasteiger charge is 2.23. The molecule has 0 aliphatic carbocycles. The summed E-state index contributed by atoms with van der Waals surface area (Å²) in [6, 6.07) is 0. The number of hydrogen-bond donors (Lipinski definition) is 1. The third-order valence-electron chi connectivity index (χ3n) is 2.10. The number of aliphatic hydroxyl groups excluding tert-OH is 1. The van der Waals surface area contributed by atoms with Crippen LogP contribution in [-0.2, 0) is 14.2 Å². The van der Waals surface area contributed by atoms with E-state index in [-0.39, 0.29) is 27.1 Å². The fourth-order valence-electron chi connectivity index (χ4n) is 0.972. The maximum absolute atomic E-state index is 9.21. The predicted octanol–water partition coefficient (Wildman–Crippen LogP) is 1.85. The first-order valence-corrected chi connectivity index (χ1v) is 5.21. The Morgan fingerprint density at radius 3 is 2.50 bits per heavy atom. The Morgan fingerprint density at radius 1 is 1.38 bits per heavy atom. The molecule has 0 amide bonds. The molecule has 0 saturated carbocycles. The number of epoxide rings is 1. The lowest BCUT2D eigenvalue weighted by Gasteiger charge is -2.14. The van der Waals surface area contributed by atoms with Crippen molar-refractivity contribution in [3.8, 4) is 0 Å². The molecule has 1 N–H and O–H groups in total. The van der Waals surface area contributed by atoms with E-state index in [0.717, 1.165) is 13.0 Å². The van der Waals surface area contributed by atoms with Crippen molar-refractivity contribution < 1.29 is 19.3 Å². The molecule has 3 unspecified atom stereocenters. The van der Waals surface area contributed by atoms with Gasteiger partial charge in [-0.25, -0.2) is 0 Å². The standard InChI is InChI=1S/C10H20O4.2CH4/c1-3-9(11)5-12-4-8(2)13-6-10-7-14-10;;/h8-11H,3-7H2,1-2H3;2*1H4. The smallest absolute Gasteiger partial charge is 0.104 e. The van der Waals surface area contributed by atoms with Crippen molar-refractivity contribution in [2.24, 2.45) is 0 Å². The van der Waals surface area contributed by atoms with Crippen LogP contribution in [0.2, 0.25) is 0 Å². The van der Waals surface area contributed by atoms with Gasteiger partial charge < -0.3 is 19.3 Å². The summed E-state index contributed by atoms with van der Waals surface area (Å²) in [5.41, 5.74) is 0. The largest absolute Gasteiger partial charge is 0.391 e. The first kappa shape index (κ1) is 18.2. The molecule has 1 saturated heterocycles. The Hall–Kier alpha value is -0.160. The highest BCUT2D eigenvalue weighted by Crippen LogP contribution is 2.09. The first-order valence-electron chi connectivity index (χ1n) is 5.21. The molecule has 0 spiro atoms. The molecule has 0 aromatic heterocycles. The van der Waals surface area contributed by atoms with Crippen LogP contribution in [0, 0.1) is 0 Å². The summed E-state index contributed by atoms with van der Waals surface area (Å²) in [6.45, 7) is 6.29. The van der Waals surface area contributed by atoms with Gasteiger partial charge in [0.05, 0.1) is 38.6 Å². The van der Waals surface area contributed by atoms with Crippen molar-refractivity contribution in [1.82, 2.24) is 0 Å². The van der Waals surface area contributed by atoms with Gasteiger partial charge in [0.25, 0.3) is 0 Å². The van der Waals surface area contributed by atoms with Crippen LogP contribution in [0.4, 0.5) is 0 Å². The van der Waals surface area contributed by atoms with Crippen LogP contribution < -0.4 is 0 Å². The van der Waals surface area contributed by atoms with E-state index in [4.69, 9.17) is 14.2 Å². The van der Waals surface area contributed by atoms with E-state index in [0.29, 0.717) is 25.9 Å². The SMILES string of the molecule is C.C.CCC(O)COCC(C)OCC1CO1. The third-order valence-corrected chi connectivity index (χ3v) is 2.10. The summed E-state index contributed by atoms with van der Waals surface area (Å²) < 4.78 is 15.7. The van der Waals surface area contributed by atoms with Gasteiger partial charge in [-0.05, 0) is 13.3 Å². The quantitative estimate of drug-likeness (QED) is 0.653. The van der Waals surface area contributed by atoms with Crippen molar-refractivity contribution >= 4 is 0 Å². The first-order chi connectivity index (χ1) is 6.72. The highest BCUT2D eigenvalue weighted by molar-refractivity contribution is 4.68. The van der Waals surface area contributed by atoms with E-state index >= 15 is 0 Å². The van der Waals surface area contributed by atoms with E-state index in [1.807, 2.05) is 13.8 Å². The van der Waals surface area contributed by atoms with Gasteiger partial charge in [0, 0.05) is 0 Å². The molecule has 1 heterocycles. The van der Waals surface area contributed by atoms with Gasteiger partial charge in [-0.2, -0.15) is 0 Å². The summed E-state index contributed by atoms with van der Waals surface area (Å²) in [5.74, 6) is 0. The lowest BCUT2D eigenvalue weighted by atomic mass is 10.3. The summed E-state index contributed by atoms with van der Waals surface area (Å²) in [7, 11) is 0. The Balaban J connectivity index is 0. The zero-order valence-electron chi connectivity index (χ0n) is 8.94. The normalized spacial score (nSPS) is 21.6. The minimum Gasteiger partial charge on any atom is -0.391 e. The van der Waals surface area contributed by atoms with E-state index in [1.54, 1.807) is 0 Å². The van der Waals surface area contributed by atoms with Crippen LogP contribution in [0.15, 0.2) is 0 Å². The molecule has 0 aromatic rings. The van der Waals surface area contributed by atoms with Crippen molar-refractivity contribution in [3.05, 3.63) is 0 Å². The second-order valence-corrected chi connectivity index (χ2v) is 3.70. The molecule has 4 heteroatoms. The van der Waals surface area contributed by atoms with Gasteiger partial charge in [0.15, 0.2) is 0 Å². The molecule has 0 radical (unpaired) electrons. The molecule has 16 heavy (non-hydrogen) atoms. The fraction of sp³-hybridized carbons (Fsp3) is 1.00. The van der Waals surface area contributed by atoms with E-state index < -0.39 is 0 Å². The molecule has 0 bridgehead atoms. The minimum absolute atomic E-state index is 0. The van der Waals surface area contributed by atoms with Crippen LogP contribution >= 0.6 is 0 Å². The molecular weight excluding hydrogens is 208 g/mol. The van der Waals surface area contributed by atoms with Crippen LogP contribution in [0.5, 0.6) is 0 Å². The number of ether oxygens (including phenoxy) is 3. The molecule has 3 atom stereocenters. The Bertz CT molecular complexity index is 148. The predicted molar refractivity (Wildman–Crippen MR) is 65.7 cm³/mol. The summed E-state index contributed by atoms with van der Waals surface area (Å²) in [6.07, 6.45) is 0.751. The summed E-state index contributed by atoms with van der Waals surface area (Å²) in [4.78, 5) is 0. The van der Waals surface area contributed by atoms with Gasteiger partial charge in [0.2, 0.25) is 0 Å². The molecule has 1 fully saturated rings. The number of hydrogen-bond acceptors (Lipinski definition) is 4. The lowest BCUT2D eigenvalue weighted by molar-refractivity contribution is -0.0351. The van der Waals surface area contributed by atoms with Crippen LogP contribution in [0.3, 0.4) is 0 Å². The van der Waals surface area contributed by atoms with Crippen LogP contribution in [-0.4, -0.2) is 49.8 Å². The molecule has 0 aromatic carbocycles. The van der Waals surface area contributed by atoms with Gasteiger partial charge in [-0.1, -0.05) is 21.8 Å². The van der Waals surface area contributed by atoms with Crippen molar-refractivity contribution in [2.45, 2.75) is 53.4 Å². The zero-order valence-corrected chi connectivity index (χ0v) is 8.94. The molecule has 1 aliphatic rings. The average molecular weight is 236 g/mol. The maximum atomic E-state index is 9.21. The topological polar surface area (TPSA) is 51.2 Å². The van der Waals surface area contributed by atoms with Crippen molar-refractivity contribution in [2.75, 3.05) is 26.4 Å². The molecule has 1 rings (SSSR count). The van der Waals surface area contributed by atoms with Crippen LogP contribution in [0.1, 0.15) is 35.1 Å². The molecule has 4 nitrogen and oxygen atoms in total. The minimum atomic E-state index is -0.353. The Morgan fingerprint density at radius 2 is 2.00 bits per heavy atom. The molecular formula is C12H28O4. The number of aliphatic hydroxyl groups is 1. The average Bonchev–Trinajstić information content (AvgIpc) is 2.98. The van der Waals surface area contributed by atoms with Gasteiger partial charge in [-0.15, -0.1) is 0 Å². The Kier molecular flexibility index (Phi) is 11.4. The summed E-state index contributed by atoms with van der Waals surface area (Å²) >= 11 is 0. The van der Waals surface area contributed by atoms with Crippen molar-refractivity contribution in [1.29, 1.82) is 0 Å². The zero-order chi connectivity index (χ0) is 10.4. The Labute approximate surface area is 99.9 Å². The van der Waals surface area contributed by atoms with Gasteiger partial charge in [0.1, 0.15) is 6.10 Å². The number of rotatable bonds is 8. The van der Waals surface area contributed by atoms with Crippen molar-refractivity contribution in [3.63, 3.8) is 0 Å². The molecule has 100 valence electrons. The van der Waals surface area contributed by atoms with Gasteiger partial charge >= 0.3 is 0 Å². The second-order valence-electron chi connectivity index (χ2n) is 3.70. The van der Waals surface area contributed by atoms with Crippen LogP contribution in [0.25, 0.3) is 0 Å². The summed E-state index contributed by atoms with van der Waals surface area (Å²) in [5, 5.41) is 9.21. The van der Waals surface area contributed by atoms with E-state index in [9.17, 15) is 5.11 Å². The third kappa shape index (κ3) is 9.09. The van der Waals surface area contributed by atoms with E-state index in [2.05, 4.69) is 0 Å². The fourth-order valence-corrected chi connectivity index (χ4v) is 0.972. The highest BCUT2D eigenvalue weighted by atomic mass is 16.6. The van der Waals surface area contributed by atoms with E-state index in [1.165, 1.54) is 0 Å². The molecule has 1 aliphatic heterocycles. The second kappa shape index (κ2) is 10.0.